The number of carbonyl (C=O) groups is 1. The molecule has 7 heteroatoms. The molecule has 0 aliphatic carbocycles. The Morgan fingerprint density at radius 2 is 2.00 bits per heavy atom. The Kier molecular flexibility index (Phi) is 5.37. The molecular formula is C19H19BrN4O2. The van der Waals surface area contributed by atoms with Gasteiger partial charge in [-0.15, -0.1) is 0 Å². The number of fused-ring (bicyclic) bond motifs is 1. The second kappa shape index (κ2) is 7.70. The number of hydrogen-bond acceptors (Lipinski definition) is 5. The lowest BCUT2D eigenvalue weighted by molar-refractivity contribution is 0.0951. The molecule has 0 bridgehead atoms. The topological polar surface area (TPSA) is 90.1 Å². The number of aromatic nitrogens is 2. The van der Waals surface area contributed by atoms with Crippen molar-refractivity contribution < 1.29 is 9.53 Å². The van der Waals surface area contributed by atoms with Gasteiger partial charge in [0, 0.05) is 6.54 Å². The summed E-state index contributed by atoms with van der Waals surface area (Å²) in [6, 6.07) is 11.9. The van der Waals surface area contributed by atoms with Crippen LogP contribution in [-0.2, 0) is 6.61 Å². The molecule has 1 aromatic heterocycles. The summed E-state index contributed by atoms with van der Waals surface area (Å²) in [7, 11) is 0. The summed E-state index contributed by atoms with van der Waals surface area (Å²) >= 11 is 3.59. The van der Waals surface area contributed by atoms with E-state index in [0.29, 0.717) is 29.2 Å². The first kappa shape index (κ1) is 18.1. The maximum absolute atomic E-state index is 12.4. The highest BCUT2D eigenvalue weighted by atomic mass is 79.9. The van der Waals surface area contributed by atoms with Crippen LogP contribution in [0.2, 0.25) is 0 Å². The van der Waals surface area contributed by atoms with E-state index in [1.54, 1.807) is 6.92 Å². The third kappa shape index (κ3) is 3.62. The average molecular weight is 415 g/mol. The van der Waals surface area contributed by atoms with Gasteiger partial charge in [-0.3, -0.25) is 4.79 Å². The van der Waals surface area contributed by atoms with Crippen molar-refractivity contribution in [2.45, 2.75) is 20.5 Å². The predicted molar refractivity (Wildman–Crippen MR) is 105 cm³/mol. The van der Waals surface area contributed by atoms with Crippen LogP contribution in [0.1, 0.15) is 28.7 Å². The zero-order valence-electron chi connectivity index (χ0n) is 14.5. The summed E-state index contributed by atoms with van der Waals surface area (Å²) in [6.07, 6.45) is 0. The number of anilines is 1. The normalized spacial score (nSPS) is 10.7. The minimum atomic E-state index is -0.235. The standard InChI is InChI=1S/C19H19BrN4O2/c1-3-22-18(25)16-11(2)23-19(21)24-14(16)10-26-15-9-8-12-6-4-5-7-13(12)17(15)20/h4-9H,3,10H2,1-2H3,(H,22,25)(H2,21,23,24). The van der Waals surface area contributed by atoms with E-state index < -0.39 is 0 Å². The molecule has 3 rings (SSSR count). The number of hydrogen-bond donors (Lipinski definition) is 2. The molecule has 1 heterocycles. The first-order valence-electron chi connectivity index (χ1n) is 8.22. The van der Waals surface area contributed by atoms with Crippen molar-refractivity contribution in [1.82, 2.24) is 15.3 Å². The number of nitrogens with one attached hydrogen (secondary N) is 1. The van der Waals surface area contributed by atoms with Gasteiger partial charge in [-0.05, 0) is 46.6 Å². The Morgan fingerprint density at radius 1 is 1.23 bits per heavy atom. The van der Waals surface area contributed by atoms with Crippen molar-refractivity contribution in [3.8, 4) is 5.75 Å². The number of amides is 1. The lowest BCUT2D eigenvalue weighted by Crippen LogP contribution is -2.26. The van der Waals surface area contributed by atoms with E-state index in [1.807, 2.05) is 43.3 Å². The van der Waals surface area contributed by atoms with E-state index in [-0.39, 0.29) is 18.5 Å². The van der Waals surface area contributed by atoms with Crippen molar-refractivity contribution in [3.05, 3.63) is 57.8 Å². The Balaban J connectivity index is 1.92. The SMILES string of the molecule is CCNC(=O)c1c(C)nc(N)nc1COc1ccc2ccccc2c1Br. The Hall–Kier alpha value is -2.67. The highest BCUT2D eigenvalue weighted by molar-refractivity contribution is 9.10. The fourth-order valence-electron chi connectivity index (χ4n) is 2.78. The quantitative estimate of drug-likeness (QED) is 0.665. The van der Waals surface area contributed by atoms with Gasteiger partial charge in [-0.1, -0.05) is 30.3 Å². The zero-order chi connectivity index (χ0) is 18.7. The lowest BCUT2D eigenvalue weighted by atomic mass is 10.1. The highest BCUT2D eigenvalue weighted by Crippen LogP contribution is 2.33. The minimum absolute atomic E-state index is 0.108. The van der Waals surface area contributed by atoms with Crippen LogP contribution in [0.5, 0.6) is 5.75 Å². The number of ether oxygens (including phenoxy) is 1. The second-order valence-corrected chi connectivity index (χ2v) is 6.53. The van der Waals surface area contributed by atoms with Crippen LogP contribution in [0.3, 0.4) is 0 Å². The van der Waals surface area contributed by atoms with Crippen LogP contribution in [-0.4, -0.2) is 22.4 Å². The second-order valence-electron chi connectivity index (χ2n) is 5.74. The van der Waals surface area contributed by atoms with Crippen molar-refractivity contribution >= 4 is 38.6 Å². The van der Waals surface area contributed by atoms with E-state index in [9.17, 15) is 4.79 Å². The van der Waals surface area contributed by atoms with Crippen LogP contribution in [0.25, 0.3) is 10.8 Å². The van der Waals surface area contributed by atoms with Crippen LogP contribution in [0, 0.1) is 6.92 Å². The van der Waals surface area contributed by atoms with Crippen LogP contribution < -0.4 is 15.8 Å². The largest absolute Gasteiger partial charge is 0.486 e. The Bertz CT molecular complexity index is 975. The molecule has 0 fully saturated rings. The predicted octanol–water partition coefficient (Wildman–Crippen LogP) is 3.61. The van der Waals surface area contributed by atoms with Crippen LogP contribution >= 0.6 is 15.9 Å². The van der Waals surface area contributed by atoms with Crippen molar-refractivity contribution in [2.24, 2.45) is 0 Å². The number of nitrogens with two attached hydrogens (primary N) is 1. The molecule has 6 nitrogen and oxygen atoms in total. The molecule has 2 aromatic carbocycles. The van der Waals surface area contributed by atoms with Gasteiger partial charge in [-0.25, -0.2) is 9.97 Å². The third-order valence-electron chi connectivity index (χ3n) is 3.94. The van der Waals surface area contributed by atoms with Crippen LogP contribution in [0.4, 0.5) is 5.95 Å². The molecule has 0 aliphatic heterocycles. The molecule has 0 saturated heterocycles. The fraction of sp³-hybridized carbons (Fsp3) is 0.211. The summed E-state index contributed by atoms with van der Waals surface area (Å²) < 4.78 is 6.79. The average Bonchev–Trinajstić information content (AvgIpc) is 2.61. The fourth-order valence-corrected chi connectivity index (χ4v) is 3.38. The van der Waals surface area contributed by atoms with Crippen molar-refractivity contribution in [1.29, 1.82) is 0 Å². The monoisotopic (exact) mass is 414 g/mol. The van der Waals surface area contributed by atoms with E-state index in [4.69, 9.17) is 10.5 Å². The van der Waals surface area contributed by atoms with Gasteiger partial charge in [0.15, 0.2) is 0 Å². The smallest absolute Gasteiger partial charge is 0.255 e. The first-order valence-corrected chi connectivity index (χ1v) is 9.01. The van der Waals surface area contributed by atoms with Crippen molar-refractivity contribution in [2.75, 3.05) is 12.3 Å². The molecule has 0 atom stereocenters. The van der Waals surface area contributed by atoms with Gasteiger partial charge in [-0.2, -0.15) is 0 Å². The van der Waals surface area contributed by atoms with Gasteiger partial charge in [0.25, 0.3) is 5.91 Å². The van der Waals surface area contributed by atoms with Gasteiger partial charge >= 0.3 is 0 Å². The van der Waals surface area contributed by atoms with Gasteiger partial charge < -0.3 is 15.8 Å². The number of nitrogen functional groups attached to an aromatic ring is 1. The van der Waals surface area contributed by atoms with Crippen LogP contribution in [0.15, 0.2) is 40.9 Å². The van der Waals surface area contributed by atoms with Crippen molar-refractivity contribution in [3.63, 3.8) is 0 Å². The summed E-state index contributed by atoms with van der Waals surface area (Å²) in [5, 5.41) is 4.93. The van der Waals surface area contributed by atoms with E-state index >= 15 is 0 Å². The molecule has 26 heavy (non-hydrogen) atoms. The molecule has 0 aliphatic rings. The number of nitrogens with zero attached hydrogens (tertiary/aromatic N) is 2. The molecule has 3 N–H and O–H groups in total. The van der Waals surface area contributed by atoms with E-state index in [0.717, 1.165) is 15.2 Å². The molecule has 0 spiro atoms. The Labute approximate surface area is 159 Å². The highest BCUT2D eigenvalue weighted by Gasteiger charge is 2.18. The Morgan fingerprint density at radius 3 is 2.77 bits per heavy atom. The molecule has 134 valence electrons. The molecular weight excluding hydrogens is 396 g/mol. The van der Waals surface area contributed by atoms with Gasteiger partial charge in [0.2, 0.25) is 5.95 Å². The summed E-state index contributed by atoms with van der Waals surface area (Å²) in [6.45, 7) is 4.21. The minimum Gasteiger partial charge on any atom is -0.486 e. The number of halogens is 1. The molecule has 0 radical (unpaired) electrons. The molecule has 1 amide bonds. The third-order valence-corrected chi connectivity index (χ3v) is 4.76. The molecule has 0 unspecified atom stereocenters. The maximum atomic E-state index is 12.4. The number of benzene rings is 2. The van der Waals surface area contributed by atoms with Gasteiger partial charge in [0.05, 0.1) is 21.4 Å². The molecule has 0 saturated carbocycles. The first-order chi connectivity index (χ1) is 12.5. The van der Waals surface area contributed by atoms with Gasteiger partial charge in [0.1, 0.15) is 12.4 Å². The molecule has 3 aromatic rings. The zero-order valence-corrected chi connectivity index (χ0v) is 16.1. The van der Waals surface area contributed by atoms with E-state index in [1.165, 1.54) is 0 Å². The summed E-state index contributed by atoms with van der Waals surface area (Å²) in [4.78, 5) is 20.7. The summed E-state index contributed by atoms with van der Waals surface area (Å²) in [5.41, 5.74) is 7.14. The van der Waals surface area contributed by atoms with E-state index in [2.05, 4.69) is 31.2 Å². The summed E-state index contributed by atoms with van der Waals surface area (Å²) in [5.74, 6) is 0.549. The number of carbonyl (C=O) groups excluding carboxylic acids is 1. The lowest BCUT2D eigenvalue weighted by Gasteiger charge is -2.14. The number of aryl methyl sites for hydroxylation is 1. The maximum Gasteiger partial charge on any atom is 0.255 e. The number of rotatable bonds is 5.